The van der Waals surface area contributed by atoms with Gasteiger partial charge in [-0.3, -0.25) is 14.9 Å². The number of hydrogen-bond donors (Lipinski definition) is 1. The SMILES string of the molecule is O=C1NC(=O)N(c2ccc(OCc3ccccc3)cc2)C(=O)/C1=C/c1cc(Br)ccc1OCc1ccccc1Br. The topological polar surface area (TPSA) is 84.9 Å². The summed E-state index contributed by atoms with van der Waals surface area (Å²) in [5.41, 5.74) is 2.54. The number of nitrogens with zero attached hydrogens (tertiary/aromatic N) is 1. The highest BCUT2D eigenvalue weighted by Crippen LogP contribution is 2.30. The molecule has 0 spiro atoms. The molecule has 1 aliphatic heterocycles. The minimum Gasteiger partial charge on any atom is -0.489 e. The van der Waals surface area contributed by atoms with E-state index in [4.69, 9.17) is 9.47 Å². The molecule has 200 valence electrons. The highest BCUT2D eigenvalue weighted by Gasteiger charge is 2.37. The fraction of sp³-hybridized carbons (Fsp3) is 0.0645. The number of imide groups is 2. The lowest BCUT2D eigenvalue weighted by Gasteiger charge is -2.26. The van der Waals surface area contributed by atoms with Crippen molar-refractivity contribution in [1.82, 2.24) is 5.32 Å². The van der Waals surface area contributed by atoms with Gasteiger partial charge in [-0.2, -0.15) is 0 Å². The zero-order valence-electron chi connectivity index (χ0n) is 21.0. The van der Waals surface area contributed by atoms with Crippen molar-refractivity contribution in [2.75, 3.05) is 4.90 Å². The van der Waals surface area contributed by atoms with E-state index >= 15 is 0 Å². The summed E-state index contributed by atoms with van der Waals surface area (Å²) < 4.78 is 13.5. The summed E-state index contributed by atoms with van der Waals surface area (Å²) in [6.07, 6.45) is 1.43. The first-order chi connectivity index (χ1) is 19.4. The predicted octanol–water partition coefficient (Wildman–Crippen LogP) is 7.04. The van der Waals surface area contributed by atoms with Gasteiger partial charge < -0.3 is 9.47 Å². The van der Waals surface area contributed by atoms with E-state index in [9.17, 15) is 14.4 Å². The van der Waals surface area contributed by atoms with Crippen LogP contribution in [0.5, 0.6) is 11.5 Å². The Morgan fingerprint density at radius 1 is 0.775 bits per heavy atom. The van der Waals surface area contributed by atoms with Crippen molar-refractivity contribution < 1.29 is 23.9 Å². The minimum atomic E-state index is -0.829. The summed E-state index contributed by atoms with van der Waals surface area (Å²) in [6.45, 7) is 0.644. The van der Waals surface area contributed by atoms with Crippen molar-refractivity contribution in [3.05, 3.63) is 128 Å². The van der Waals surface area contributed by atoms with Crippen molar-refractivity contribution in [2.45, 2.75) is 13.2 Å². The number of halogens is 2. The Morgan fingerprint density at radius 3 is 2.25 bits per heavy atom. The predicted molar refractivity (Wildman–Crippen MR) is 159 cm³/mol. The van der Waals surface area contributed by atoms with E-state index in [1.165, 1.54) is 6.08 Å². The number of ether oxygens (including phenoxy) is 2. The molecule has 4 aromatic rings. The van der Waals surface area contributed by atoms with E-state index < -0.39 is 17.8 Å². The van der Waals surface area contributed by atoms with Gasteiger partial charge in [0.25, 0.3) is 11.8 Å². The van der Waals surface area contributed by atoms with Crippen LogP contribution in [-0.4, -0.2) is 17.8 Å². The van der Waals surface area contributed by atoms with Crippen molar-refractivity contribution in [1.29, 1.82) is 0 Å². The highest BCUT2D eigenvalue weighted by atomic mass is 79.9. The van der Waals surface area contributed by atoms with Gasteiger partial charge in [-0.25, -0.2) is 9.69 Å². The summed E-state index contributed by atoms with van der Waals surface area (Å²) in [4.78, 5) is 39.8. The fourth-order valence-corrected chi connectivity index (χ4v) is 4.79. The third-order valence-electron chi connectivity index (χ3n) is 6.06. The van der Waals surface area contributed by atoms with Gasteiger partial charge in [-0.05, 0) is 60.2 Å². The molecule has 4 aromatic carbocycles. The first-order valence-electron chi connectivity index (χ1n) is 12.2. The Bertz CT molecular complexity index is 1600. The van der Waals surface area contributed by atoms with Crippen molar-refractivity contribution in [3.63, 3.8) is 0 Å². The molecule has 40 heavy (non-hydrogen) atoms. The number of rotatable bonds is 8. The number of barbiturate groups is 1. The molecule has 1 N–H and O–H groups in total. The van der Waals surface area contributed by atoms with E-state index in [0.29, 0.717) is 29.4 Å². The van der Waals surface area contributed by atoms with Gasteiger partial charge in [0, 0.05) is 20.1 Å². The largest absolute Gasteiger partial charge is 0.489 e. The van der Waals surface area contributed by atoms with Crippen LogP contribution in [0.15, 0.2) is 112 Å². The summed E-state index contributed by atoms with van der Waals surface area (Å²) >= 11 is 6.95. The molecular formula is C31H22Br2N2O5. The van der Waals surface area contributed by atoms with E-state index in [1.54, 1.807) is 42.5 Å². The molecule has 1 aliphatic rings. The van der Waals surface area contributed by atoms with Crippen LogP contribution >= 0.6 is 31.9 Å². The maximum atomic E-state index is 13.5. The summed E-state index contributed by atoms with van der Waals surface area (Å²) in [5, 5.41) is 2.26. The number of benzene rings is 4. The zero-order valence-corrected chi connectivity index (χ0v) is 24.1. The summed E-state index contributed by atoms with van der Waals surface area (Å²) in [6, 6.07) is 28.4. The van der Waals surface area contributed by atoms with Crippen LogP contribution in [0.4, 0.5) is 10.5 Å². The minimum absolute atomic E-state index is 0.201. The van der Waals surface area contributed by atoms with E-state index in [2.05, 4.69) is 37.2 Å². The number of urea groups is 1. The Balaban J connectivity index is 1.37. The maximum absolute atomic E-state index is 13.5. The molecule has 5 rings (SSSR count). The van der Waals surface area contributed by atoms with Gasteiger partial charge in [0.2, 0.25) is 0 Å². The van der Waals surface area contributed by atoms with Crippen molar-refractivity contribution in [2.24, 2.45) is 0 Å². The third kappa shape index (κ3) is 6.32. The average molecular weight is 662 g/mol. The molecule has 0 radical (unpaired) electrons. The number of carbonyl (C=O) groups excluding carboxylic acids is 3. The van der Waals surface area contributed by atoms with E-state index in [0.717, 1.165) is 25.0 Å². The lowest BCUT2D eigenvalue weighted by molar-refractivity contribution is -0.122. The second kappa shape index (κ2) is 12.3. The van der Waals surface area contributed by atoms with Crippen LogP contribution in [0.2, 0.25) is 0 Å². The van der Waals surface area contributed by atoms with Crippen LogP contribution < -0.4 is 19.7 Å². The van der Waals surface area contributed by atoms with Crippen LogP contribution in [0.1, 0.15) is 16.7 Å². The molecule has 1 fully saturated rings. The Hall–Kier alpha value is -4.21. The van der Waals surface area contributed by atoms with E-state index in [-0.39, 0.29) is 12.2 Å². The van der Waals surface area contributed by atoms with Gasteiger partial charge in [0.15, 0.2) is 0 Å². The molecule has 7 nitrogen and oxygen atoms in total. The summed E-state index contributed by atoms with van der Waals surface area (Å²) in [7, 11) is 0. The lowest BCUT2D eigenvalue weighted by Crippen LogP contribution is -2.54. The van der Waals surface area contributed by atoms with Gasteiger partial charge >= 0.3 is 6.03 Å². The van der Waals surface area contributed by atoms with Gasteiger partial charge in [0.05, 0.1) is 5.69 Å². The van der Waals surface area contributed by atoms with Crippen molar-refractivity contribution >= 4 is 61.5 Å². The van der Waals surface area contributed by atoms with E-state index in [1.807, 2.05) is 54.6 Å². The Kier molecular flexibility index (Phi) is 8.42. The molecule has 0 bridgehead atoms. The molecule has 0 aliphatic carbocycles. The quantitative estimate of drug-likeness (QED) is 0.162. The molecule has 0 saturated carbocycles. The molecule has 0 aromatic heterocycles. The first kappa shape index (κ1) is 27.4. The summed E-state index contributed by atoms with van der Waals surface area (Å²) in [5.74, 6) is -0.491. The van der Waals surface area contributed by atoms with Crippen LogP contribution in [0.3, 0.4) is 0 Å². The second-order valence-electron chi connectivity index (χ2n) is 8.79. The lowest BCUT2D eigenvalue weighted by atomic mass is 10.1. The third-order valence-corrected chi connectivity index (χ3v) is 7.32. The molecule has 9 heteroatoms. The van der Waals surface area contributed by atoms with Gasteiger partial charge in [-0.1, -0.05) is 80.4 Å². The Labute approximate surface area is 247 Å². The van der Waals surface area contributed by atoms with Gasteiger partial charge in [0.1, 0.15) is 30.3 Å². The standard InChI is InChI=1S/C31H22Br2N2O5/c32-23-10-15-28(40-19-21-8-4-5-9-27(21)33)22(16-23)17-26-29(36)34-31(38)35(30(26)37)24-11-13-25(14-12-24)39-18-20-6-2-1-3-7-20/h1-17H,18-19H2,(H,34,36,38)/b26-17+. The molecule has 0 atom stereocenters. The van der Waals surface area contributed by atoms with Gasteiger partial charge in [-0.15, -0.1) is 0 Å². The smallest absolute Gasteiger partial charge is 0.335 e. The molecule has 4 amide bonds. The fourth-order valence-electron chi connectivity index (χ4n) is 4.01. The molecule has 1 heterocycles. The number of anilines is 1. The number of carbonyl (C=O) groups is 3. The Morgan fingerprint density at radius 2 is 1.50 bits per heavy atom. The van der Waals surface area contributed by atoms with Crippen LogP contribution in [0, 0.1) is 0 Å². The molecule has 1 saturated heterocycles. The second-order valence-corrected chi connectivity index (χ2v) is 10.6. The number of nitrogens with one attached hydrogen (secondary N) is 1. The normalized spacial score (nSPS) is 14.3. The molecule has 0 unspecified atom stereocenters. The number of hydrogen-bond acceptors (Lipinski definition) is 5. The zero-order chi connectivity index (χ0) is 28.1. The van der Waals surface area contributed by atoms with Crippen LogP contribution in [-0.2, 0) is 22.8 Å². The molecular weight excluding hydrogens is 640 g/mol. The highest BCUT2D eigenvalue weighted by molar-refractivity contribution is 9.10. The first-order valence-corrected chi connectivity index (χ1v) is 13.8. The van der Waals surface area contributed by atoms with Crippen molar-refractivity contribution in [3.8, 4) is 11.5 Å². The average Bonchev–Trinajstić information content (AvgIpc) is 2.95. The monoisotopic (exact) mass is 660 g/mol. The maximum Gasteiger partial charge on any atom is 0.335 e. The number of amides is 4. The van der Waals surface area contributed by atoms with Crippen LogP contribution in [0.25, 0.3) is 6.08 Å².